The molecule has 1 amide bonds. The summed E-state index contributed by atoms with van der Waals surface area (Å²) in [5, 5.41) is 9.02. The molecule has 19 heavy (non-hydrogen) atoms. The van der Waals surface area contributed by atoms with E-state index >= 15 is 0 Å². The lowest BCUT2D eigenvalue weighted by molar-refractivity contribution is -0.142. The van der Waals surface area contributed by atoms with Gasteiger partial charge in [-0.2, -0.15) is 0 Å². The number of aliphatic carboxylic acids is 1. The van der Waals surface area contributed by atoms with Crippen LogP contribution < -0.4 is 0 Å². The highest BCUT2D eigenvalue weighted by Gasteiger charge is 2.37. The molecular formula is C14H17NO4. The molecule has 1 aromatic rings. The number of likely N-dealkylation sites (tertiary alicyclic amines) is 1. The predicted octanol–water partition coefficient (Wildman–Crippen LogP) is 1.92. The summed E-state index contributed by atoms with van der Waals surface area (Å²) >= 11 is 0. The van der Waals surface area contributed by atoms with Gasteiger partial charge < -0.3 is 14.4 Å². The molecule has 2 unspecified atom stereocenters. The van der Waals surface area contributed by atoms with Crippen molar-refractivity contribution in [1.29, 1.82) is 0 Å². The van der Waals surface area contributed by atoms with Crippen molar-refractivity contribution in [2.45, 2.75) is 26.3 Å². The second-order valence-electron chi connectivity index (χ2n) is 4.79. The quantitative estimate of drug-likeness (QED) is 0.846. The topological polar surface area (TPSA) is 70.8 Å². The van der Waals surface area contributed by atoms with Gasteiger partial charge in [-0.25, -0.2) is 0 Å². The van der Waals surface area contributed by atoms with Crippen LogP contribution in [0.4, 0.5) is 0 Å². The van der Waals surface area contributed by atoms with E-state index < -0.39 is 11.9 Å². The first-order chi connectivity index (χ1) is 8.99. The van der Waals surface area contributed by atoms with E-state index in [2.05, 4.69) is 0 Å². The monoisotopic (exact) mass is 263 g/mol. The van der Waals surface area contributed by atoms with E-state index in [0.717, 1.165) is 5.76 Å². The molecule has 2 rings (SSSR count). The molecule has 0 spiro atoms. The highest BCUT2D eigenvalue weighted by Crippen LogP contribution is 2.24. The molecule has 2 atom stereocenters. The van der Waals surface area contributed by atoms with E-state index in [1.807, 2.05) is 13.0 Å². The second-order valence-corrected chi connectivity index (χ2v) is 4.79. The van der Waals surface area contributed by atoms with E-state index in [4.69, 9.17) is 9.52 Å². The highest BCUT2D eigenvalue weighted by molar-refractivity contribution is 5.92. The Bertz CT molecular complexity index is 517. The Kier molecular flexibility index (Phi) is 3.74. The summed E-state index contributed by atoms with van der Waals surface area (Å²) in [6.45, 7) is 4.09. The van der Waals surface area contributed by atoms with E-state index in [0.29, 0.717) is 18.7 Å². The Balaban J connectivity index is 2.01. The summed E-state index contributed by atoms with van der Waals surface area (Å²) < 4.78 is 5.33. The Hall–Kier alpha value is -2.04. The van der Waals surface area contributed by atoms with Crippen molar-refractivity contribution in [1.82, 2.24) is 4.90 Å². The van der Waals surface area contributed by atoms with Crippen LogP contribution in [-0.2, 0) is 9.59 Å². The number of rotatable bonds is 3. The third-order valence-corrected chi connectivity index (χ3v) is 3.51. The van der Waals surface area contributed by atoms with E-state index in [1.54, 1.807) is 24.0 Å². The fraction of sp³-hybridized carbons (Fsp3) is 0.429. The molecule has 0 saturated carbocycles. The number of aryl methyl sites for hydroxylation is 1. The predicted molar refractivity (Wildman–Crippen MR) is 69.4 cm³/mol. The van der Waals surface area contributed by atoms with Gasteiger partial charge in [-0.05, 0) is 38.5 Å². The summed E-state index contributed by atoms with van der Waals surface area (Å²) in [5.74, 6) is -0.0815. The van der Waals surface area contributed by atoms with Gasteiger partial charge in [0.1, 0.15) is 11.5 Å². The summed E-state index contributed by atoms with van der Waals surface area (Å²) in [5.41, 5.74) is 0. The van der Waals surface area contributed by atoms with Gasteiger partial charge in [0.25, 0.3) is 0 Å². The zero-order valence-electron chi connectivity index (χ0n) is 11.0. The van der Waals surface area contributed by atoms with Crippen molar-refractivity contribution in [3.8, 4) is 0 Å². The zero-order chi connectivity index (χ0) is 14.0. The van der Waals surface area contributed by atoms with Gasteiger partial charge in [0.15, 0.2) is 0 Å². The fourth-order valence-electron chi connectivity index (χ4n) is 2.37. The number of carbonyl (C=O) groups excluding carboxylic acids is 1. The maximum atomic E-state index is 12.0. The van der Waals surface area contributed by atoms with Gasteiger partial charge in [0.2, 0.25) is 5.91 Å². The minimum atomic E-state index is -0.839. The SMILES string of the molecule is Cc1ccc(C=CC(=O)N2CCC(C(=O)O)C2C)o1. The average molecular weight is 263 g/mol. The van der Waals surface area contributed by atoms with Crippen LogP contribution >= 0.6 is 0 Å². The Labute approximate surface area is 111 Å². The number of carboxylic acids is 1. The number of hydrogen-bond donors (Lipinski definition) is 1. The van der Waals surface area contributed by atoms with E-state index in [9.17, 15) is 9.59 Å². The van der Waals surface area contributed by atoms with Crippen molar-refractivity contribution in [2.75, 3.05) is 6.54 Å². The van der Waals surface area contributed by atoms with Crippen molar-refractivity contribution < 1.29 is 19.1 Å². The van der Waals surface area contributed by atoms with Gasteiger partial charge in [-0.1, -0.05) is 0 Å². The fourth-order valence-corrected chi connectivity index (χ4v) is 2.37. The molecule has 1 aliphatic heterocycles. The minimum absolute atomic E-state index is 0.176. The van der Waals surface area contributed by atoms with Crippen LogP contribution in [0.25, 0.3) is 6.08 Å². The molecule has 5 nitrogen and oxygen atoms in total. The van der Waals surface area contributed by atoms with Gasteiger partial charge in [0, 0.05) is 18.7 Å². The van der Waals surface area contributed by atoms with Crippen LogP contribution in [0.3, 0.4) is 0 Å². The van der Waals surface area contributed by atoms with Crippen LogP contribution in [-0.4, -0.2) is 34.5 Å². The van der Waals surface area contributed by atoms with Gasteiger partial charge in [0.05, 0.1) is 5.92 Å². The molecule has 0 bridgehead atoms. The van der Waals surface area contributed by atoms with E-state index in [1.165, 1.54) is 6.08 Å². The van der Waals surface area contributed by atoms with Gasteiger partial charge in [-0.15, -0.1) is 0 Å². The third-order valence-electron chi connectivity index (χ3n) is 3.51. The first-order valence-electron chi connectivity index (χ1n) is 6.27. The number of amides is 1. The normalized spacial score (nSPS) is 23.2. The highest BCUT2D eigenvalue weighted by atomic mass is 16.4. The van der Waals surface area contributed by atoms with Gasteiger partial charge in [-0.3, -0.25) is 9.59 Å². The number of hydrogen-bond acceptors (Lipinski definition) is 3. The Morgan fingerprint density at radius 3 is 2.74 bits per heavy atom. The molecular weight excluding hydrogens is 246 g/mol. The first kappa shape index (κ1) is 13.4. The number of nitrogens with zero attached hydrogens (tertiary/aromatic N) is 1. The lowest BCUT2D eigenvalue weighted by Gasteiger charge is -2.21. The van der Waals surface area contributed by atoms with Crippen LogP contribution in [0.2, 0.25) is 0 Å². The maximum absolute atomic E-state index is 12.0. The first-order valence-corrected chi connectivity index (χ1v) is 6.27. The van der Waals surface area contributed by atoms with Gasteiger partial charge >= 0.3 is 5.97 Å². The number of carbonyl (C=O) groups is 2. The molecule has 1 N–H and O–H groups in total. The van der Waals surface area contributed by atoms with Crippen molar-refractivity contribution in [3.63, 3.8) is 0 Å². The third kappa shape index (κ3) is 2.86. The molecule has 2 heterocycles. The zero-order valence-corrected chi connectivity index (χ0v) is 11.0. The Morgan fingerprint density at radius 2 is 2.21 bits per heavy atom. The Morgan fingerprint density at radius 1 is 1.47 bits per heavy atom. The molecule has 1 aromatic heterocycles. The van der Waals surface area contributed by atoms with E-state index in [-0.39, 0.29) is 11.9 Å². The summed E-state index contributed by atoms with van der Waals surface area (Å²) in [4.78, 5) is 24.6. The molecule has 0 aromatic carbocycles. The lowest BCUT2D eigenvalue weighted by atomic mass is 10.0. The molecule has 0 radical (unpaired) electrons. The van der Waals surface area contributed by atoms with Crippen molar-refractivity contribution in [3.05, 3.63) is 29.7 Å². The summed E-state index contributed by atoms with van der Waals surface area (Å²) in [6, 6.07) is 3.34. The molecule has 5 heteroatoms. The standard InChI is InChI=1S/C14H17NO4/c1-9-3-4-11(19-9)5-6-13(16)15-8-7-12(10(15)2)14(17)18/h3-6,10,12H,7-8H2,1-2H3,(H,17,18). The van der Waals surface area contributed by atoms with Crippen molar-refractivity contribution in [2.24, 2.45) is 5.92 Å². The van der Waals surface area contributed by atoms with Crippen LogP contribution in [0.5, 0.6) is 0 Å². The maximum Gasteiger partial charge on any atom is 0.308 e. The number of furan rings is 1. The minimum Gasteiger partial charge on any atom is -0.481 e. The largest absolute Gasteiger partial charge is 0.481 e. The molecule has 0 aliphatic carbocycles. The molecule has 1 fully saturated rings. The second kappa shape index (κ2) is 5.30. The lowest BCUT2D eigenvalue weighted by Crippen LogP contribution is -2.36. The smallest absolute Gasteiger partial charge is 0.308 e. The van der Waals surface area contributed by atoms with Crippen LogP contribution in [0.1, 0.15) is 24.9 Å². The molecule has 102 valence electrons. The summed E-state index contributed by atoms with van der Waals surface area (Å²) in [6.07, 6.45) is 3.55. The van der Waals surface area contributed by atoms with Crippen LogP contribution in [0.15, 0.2) is 22.6 Å². The molecule has 1 saturated heterocycles. The van der Waals surface area contributed by atoms with Crippen molar-refractivity contribution >= 4 is 18.0 Å². The van der Waals surface area contributed by atoms with Crippen LogP contribution in [0, 0.1) is 12.8 Å². The molecule has 1 aliphatic rings. The number of carboxylic acid groups (broad SMARTS) is 1. The average Bonchev–Trinajstić information content (AvgIpc) is 2.92. The summed E-state index contributed by atoms with van der Waals surface area (Å²) in [7, 11) is 0.